The van der Waals surface area contributed by atoms with Crippen LogP contribution in [0.1, 0.15) is 47.8 Å². The maximum absolute atomic E-state index is 12.8. The molecule has 33 heavy (non-hydrogen) atoms. The van der Waals surface area contributed by atoms with Crippen molar-refractivity contribution in [2.75, 3.05) is 18.5 Å². The third-order valence-corrected chi connectivity index (χ3v) is 5.90. The second-order valence-corrected chi connectivity index (χ2v) is 9.44. The van der Waals surface area contributed by atoms with E-state index in [-0.39, 0.29) is 23.8 Å². The lowest BCUT2D eigenvalue weighted by atomic mass is 9.87. The number of nitrogens with zero attached hydrogens (tertiary/aromatic N) is 1. The average molecular weight is 443 g/mol. The van der Waals surface area contributed by atoms with E-state index in [1.807, 2.05) is 77.7 Å². The van der Waals surface area contributed by atoms with Crippen molar-refractivity contribution < 1.29 is 14.3 Å². The molecule has 0 saturated heterocycles. The number of carbonyl (C=O) groups excluding carboxylic acids is 2. The average Bonchev–Trinajstić information content (AvgIpc) is 2.82. The molecule has 1 aliphatic heterocycles. The fraction of sp³-hybridized carbons (Fsp3) is 0.286. The molecule has 1 heterocycles. The number of fused-ring (bicyclic) bond motifs is 1. The van der Waals surface area contributed by atoms with Gasteiger partial charge in [0, 0.05) is 24.3 Å². The number of rotatable bonds is 5. The van der Waals surface area contributed by atoms with Gasteiger partial charge in [0.25, 0.3) is 11.8 Å². The van der Waals surface area contributed by atoms with E-state index in [2.05, 4.69) is 26.1 Å². The molecule has 3 aromatic rings. The van der Waals surface area contributed by atoms with E-state index in [9.17, 15) is 9.59 Å². The molecule has 0 fully saturated rings. The second-order valence-electron chi connectivity index (χ2n) is 9.44. The largest absolute Gasteiger partial charge is 0.484 e. The van der Waals surface area contributed by atoms with E-state index in [0.717, 1.165) is 12.0 Å². The number of anilines is 1. The molecule has 0 aromatic heterocycles. The summed E-state index contributed by atoms with van der Waals surface area (Å²) in [7, 11) is 0. The highest BCUT2D eigenvalue weighted by Gasteiger charge is 2.22. The van der Waals surface area contributed by atoms with Crippen molar-refractivity contribution >= 4 is 17.5 Å². The van der Waals surface area contributed by atoms with Crippen molar-refractivity contribution in [3.05, 3.63) is 95.1 Å². The molecule has 0 aliphatic carbocycles. The topological polar surface area (TPSA) is 58.6 Å². The number of hydrogen-bond donors (Lipinski definition) is 1. The molecule has 0 saturated carbocycles. The van der Waals surface area contributed by atoms with Crippen molar-refractivity contribution in [3.63, 3.8) is 0 Å². The Morgan fingerprint density at radius 2 is 1.67 bits per heavy atom. The van der Waals surface area contributed by atoms with Crippen LogP contribution in [0.25, 0.3) is 0 Å². The summed E-state index contributed by atoms with van der Waals surface area (Å²) in [5.41, 5.74) is 4.96. The van der Waals surface area contributed by atoms with Gasteiger partial charge in [-0.1, -0.05) is 57.2 Å². The zero-order chi connectivity index (χ0) is 23.4. The predicted molar refractivity (Wildman–Crippen MR) is 131 cm³/mol. The molecule has 1 N–H and O–H groups in total. The minimum atomic E-state index is -0.220. The molecule has 0 atom stereocenters. The SMILES string of the molecule is CC(C)(C)c1ccc(OCC(=O)Nc2ccc3c(c2)CN(C(=O)c2ccccc2)CC3)cc1. The molecule has 0 unspecified atom stereocenters. The van der Waals surface area contributed by atoms with Crippen molar-refractivity contribution in [1.29, 1.82) is 0 Å². The highest BCUT2D eigenvalue weighted by Crippen LogP contribution is 2.25. The monoisotopic (exact) mass is 442 g/mol. The molecule has 4 rings (SSSR count). The number of hydrogen-bond acceptors (Lipinski definition) is 3. The summed E-state index contributed by atoms with van der Waals surface area (Å²) < 4.78 is 5.65. The van der Waals surface area contributed by atoms with Crippen LogP contribution < -0.4 is 10.1 Å². The maximum atomic E-state index is 12.8. The maximum Gasteiger partial charge on any atom is 0.262 e. The van der Waals surface area contributed by atoms with E-state index < -0.39 is 0 Å². The number of amides is 2. The Labute approximate surface area is 195 Å². The van der Waals surface area contributed by atoms with Crippen molar-refractivity contribution in [1.82, 2.24) is 4.90 Å². The molecule has 0 bridgehead atoms. The van der Waals surface area contributed by atoms with E-state index >= 15 is 0 Å². The molecular formula is C28H30N2O3. The van der Waals surface area contributed by atoms with Crippen LogP contribution >= 0.6 is 0 Å². The molecule has 170 valence electrons. The normalized spacial score (nSPS) is 13.2. The smallest absolute Gasteiger partial charge is 0.262 e. The second kappa shape index (κ2) is 9.49. The first-order chi connectivity index (χ1) is 15.8. The van der Waals surface area contributed by atoms with Gasteiger partial charge in [-0.05, 0) is 64.9 Å². The highest BCUT2D eigenvalue weighted by atomic mass is 16.5. The van der Waals surface area contributed by atoms with Crippen LogP contribution in [0, 0.1) is 0 Å². The Morgan fingerprint density at radius 3 is 2.36 bits per heavy atom. The summed E-state index contributed by atoms with van der Waals surface area (Å²) in [6.07, 6.45) is 0.801. The Morgan fingerprint density at radius 1 is 0.939 bits per heavy atom. The lowest BCUT2D eigenvalue weighted by Gasteiger charge is -2.29. The van der Waals surface area contributed by atoms with Crippen LogP contribution in [-0.4, -0.2) is 29.9 Å². The summed E-state index contributed by atoms with van der Waals surface area (Å²) in [5, 5.41) is 2.91. The summed E-state index contributed by atoms with van der Waals surface area (Å²) in [6.45, 7) is 7.63. The molecule has 0 spiro atoms. The van der Waals surface area contributed by atoms with Crippen molar-refractivity contribution in [2.45, 2.75) is 39.2 Å². The first-order valence-electron chi connectivity index (χ1n) is 11.3. The standard InChI is InChI=1S/C28H30N2O3/c1-28(2,3)23-10-13-25(14-11-23)33-19-26(31)29-24-12-9-20-15-16-30(18-22(20)17-24)27(32)21-7-5-4-6-8-21/h4-14,17H,15-16,18-19H2,1-3H3,(H,29,31). The molecule has 1 aliphatic rings. The number of carbonyl (C=O) groups is 2. The lowest BCUT2D eigenvalue weighted by molar-refractivity contribution is -0.118. The number of nitrogens with one attached hydrogen (secondary N) is 1. The third-order valence-electron chi connectivity index (χ3n) is 5.90. The van der Waals surface area contributed by atoms with Crippen LogP contribution in [0.5, 0.6) is 5.75 Å². The Bertz CT molecular complexity index is 1130. The molecule has 0 radical (unpaired) electrons. The van der Waals surface area contributed by atoms with Crippen molar-refractivity contribution in [2.24, 2.45) is 0 Å². The van der Waals surface area contributed by atoms with E-state index in [4.69, 9.17) is 4.74 Å². The van der Waals surface area contributed by atoms with Gasteiger partial charge >= 0.3 is 0 Å². The summed E-state index contributed by atoms with van der Waals surface area (Å²) >= 11 is 0. The van der Waals surface area contributed by atoms with Gasteiger partial charge in [0.1, 0.15) is 5.75 Å². The molecule has 5 heteroatoms. The van der Waals surface area contributed by atoms with Gasteiger partial charge in [-0.15, -0.1) is 0 Å². The van der Waals surface area contributed by atoms with Gasteiger partial charge in [-0.3, -0.25) is 9.59 Å². The fourth-order valence-electron chi connectivity index (χ4n) is 3.97. The lowest BCUT2D eigenvalue weighted by Crippen LogP contribution is -2.36. The zero-order valence-electron chi connectivity index (χ0n) is 19.4. The van der Waals surface area contributed by atoms with Gasteiger partial charge in [-0.25, -0.2) is 0 Å². The van der Waals surface area contributed by atoms with E-state index in [0.29, 0.717) is 30.1 Å². The van der Waals surface area contributed by atoms with Gasteiger partial charge in [0.05, 0.1) is 0 Å². The summed E-state index contributed by atoms with van der Waals surface area (Å²) in [4.78, 5) is 27.1. The highest BCUT2D eigenvalue weighted by molar-refractivity contribution is 5.94. The van der Waals surface area contributed by atoms with Gasteiger partial charge in [0.15, 0.2) is 6.61 Å². The molecule has 2 amide bonds. The molecular weight excluding hydrogens is 412 g/mol. The molecule has 3 aromatic carbocycles. The van der Waals surface area contributed by atoms with Crippen LogP contribution in [0.4, 0.5) is 5.69 Å². The minimum absolute atomic E-state index is 0.0292. The summed E-state index contributed by atoms with van der Waals surface area (Å²) in [5.74, 6) is 0.475. The Hall–Kier alpha value is -3.60. The van der Waals surface area contributed by atoms with Crippen LogP contribution in [0.3, 0.4) is 0 Å². The van der Waals surface area contributed by atoms with Crippen molar-refractivity contribution in [3.8, 4) is 5.75 Å². The van der Waals surface area contributed by atoms with Crippen LogP contribution in [0.2, 0.25) is 0 Å². The summed E-state index contributed by atoms with van der Waals surface area (Å²) in [6, 6.07) is 23.1. The fourth-order valence-corrected chi connectivity index (χ4v) is 3.97. The third kappa shape index (κ3) is 5.61. The van der Waals surface area contributed by atoms with E-state index in [1.165, 1.54) is 11.1 Å². The predicted octanol–water partition coefficient (Wildman–Crippen LogP) is 5.20. The number of ether oxygens (including phenoxy) is 1. The Kier molecular flexibility index (Phi) is 6.50. The first kappa shape index (κ1) is 22.6. The first-order valence-corrected chi connectivity index (χ1v) is 11.3. The Balaban J connectivity index is 1.35. The van der Waals surface area contributed by atoms with Crippen LogP contribution in [-0.2, 0) is 23.2 Å². The zero-order valence-corrected chi connectivity index (χ0v) is 19.4. The number of benzene rings is 3. The van der Waals surface area contributed by atoms with Gasteiger partial charge in [0.2, 0.25) is 0 Å². The molecule has 5 nitrogen and oxygen atoms in total. The minimum Gasteiger partial charge on any atom is -0.484 e. The van der Waals surface area contributed by atoms with E-state index in [1.54, 1.807) is 0 Å². The van der Waals surface area contributed by atoms with Gasteiger partial charge < -0.3 is 15.0 Å². The van der Waals surface area contributed by atoms with Gasteiger partial charge in [-0.2, -0.15) is 0 Å². The van der Waals surface area contributed by atoms with Crippen LogP contribution in [0.15, 0.2) is 72.8 Å². The quantitative estimate of drug-likeness (QED) is 0.591.